The standard InChI is InChI=1S/C11H14N2O/c12-9-6-2-4-7-3-1-5-8(10(7)9)11(13)14/h1,3,5,9H,2,4,6,12H2,(H2,13,14)/t9-/m1/s1. The van der Waals surface area contributed by atoms with Gasteiger partial charge < -0.3 is 11.5 Å². The van der Waals surface area contributed by atoms with Gasteiger partial charge in [-0.1, -0.05) is 12.1 Å². The Balaban J connectivity index is 2.57. The summed E-state index contributed by atoms with van der Waals surface area (Å²) in [5, 5.41) is 0. The number of primary amides is 1. The summed E-state index contributed by atoms with van der Waals surface area (Å²) in [6.07, 6.45) is 3.04. The zero-order valence-electron chi connectivity index (χ0n) is 7.99. The van der Waals surface area contributed by atoms with Crippen molar-refractivity contribution < 1.29 is 4.79 Å². The number of aryl methyl sites for hydroxylation is 1. The first-order valence-electron chi connectivity index (χ1n) is 4.87. The Labute approximate surface area is 83.1 Å². The van der Waals surface area contributed by atoms with Crippen LogP contribution in [0, 0.1) is 0 Å². The van der Waals surface area contributed by atoms with E-state index in [4.69, 9.17) is 11.5 Å². The molecule has 0 aliphatic heterocycles. The largest absolute Gasteiger partial charge is 0.366 e. The summed E-state index contributed by atoms with van der Waals surface area (Å²) >= 11 is 0. The van der Waals surface area contributed by atoms with Crippen LogP contribution < -0.4 is 11.5 Å². The van der Waals surface area contributed by atoms with Gasteiger partial charge in [0.2, 0.25) is 5.91 Å². The highest BCUT2D eigenvalue weighted by Gasteiger charge is 2.21. The quantitative estimate of drug-likeness (QED) is 0.696. The van der Waals surface area contributed by atoms with Crippen molar-refractivity contribution in [3.05, 3.63) is 34.9 Å². The highest BCUT2D eigenvalue weighted by molar-refractivity contribution is 5.94. The van der Waals surface area contributed by atoms with Crippen LogP contribution in [0.5, 0.6) is 0 Å². The zero-order valence-corrected chi connectivity index (χ0v) is 7.99. The maximum absolute atomic E-state index is 11.2. The third-order valence-electron chi connectivity index (χ3n) is 2.79. The lowest BCUT2D eigenvalue weighted by Crippen LogP contribution is -2.23. The molecule has 74 valence electrons. The fraction of sp³-hybridized carbons (Fsp3) is 0.364. The van der Waals surface area contributed by atoms with Gasteiger partial charge in [-0.05, 0) is 36.5 Å². The van der Waals surface area contributed by atoms with Crippen molar-refractivity contribution >= 4 is 5.91 Å². The van der Waals surface area contributed by atoms with Gasteiger partial charge >= 0.3 is 0 Å². The molecule has 0 bridgehead atoms. The minimum atomic E-state index is -0.376. The monoisotopic (exact) mass is 190 g/mol. The van der Waals surface area contributed by atoms with Crippen LogP contribution in [0.4, 0.5) is 0 Å². The van der Waals surface area contributed by atoms with E-state index in [-0.39, 0.29) is 11.9 Å². The molecule has 1 aliphatic rings. The summed E-state index contributed by atoms with van der Waals surface area (Å²) in [4.78, 5) is 11.2. The molecular formula is C11H14N2O. The van der Waals surface area contributed by atoms with Gasteiger partial charge in [-0.2, -0.15) is 0 Å². The Hall–Kier alpha value is -1.35. The lowest BCUT2D eigenvalue weighted by atomic mass is 9.85. The second-order valence-corrected chi connectivity index (χ2v) is 3.74. The third kappa shape index (κ3) is 1.40. The molecule has 0 heterocycles. The van der Waals surface area contributed by atoms with E-state index in [1.165, 1.54) is 5.56 Å². The summed E-state index contributed by atoms with van der Waals surface area (Å²) in [5.41, 5.74) is 14.0. The summed E-state index contributed by atoms with van der Waals surface area (Å²) in [7, 11) is 0. The van der Waals surface area contributed by atoms with Gasteiger partial charge in [-0.15, -0.1) is 0 Å². The van der Waals surface area contributed by atoms with Crippen LogP contribution in [0.2, 0.25) is 0 Å². The molecule has 14 heavy (non-hydrogen) atoms. The molecule has 0 radical (unpaired) electrons. The van der Waals surface area contributed by atoms with Crippen LogP contribution in [0.25, 0.3) is 0 Å². The van der Waals surface area contributed by atoms with Crippen molar-refractivity contribution in [3.63, 3.8) is 0 Å². The number of hydrogen-bond acceptors (Lipinski definition) is 2. The predicted molar refractivity (Wildman–Crippen MR) is 54.8 cm³/mol. The lowest BCUT2D eigenvalue weighted by Gasteiger charge is -2.23. The molecule has 0 aromatic heterocycles. The molecule has 1 atom stereocenters. The Bertz CT molecular complexity index is 374. The summed E-state index contributed by atoms with van der Waals surface area (Å²) < 4.78 is 0. The van der Waals surface area contributed by atoms with Crippen molar-refractivity contribution in [1.29, 1.82) is 0 Å². The van der Waals surface area contributed by atoms with Gasteiger partial charge in [0.1, 0.15) is 0 Å². The van der Waals surface area contributed by atoms with E-state index < -0.39 is 0 Å². The van der Waals surface area contributed by atoms with E-state index in [1.54, 1.807) is 6.07 Å². The molecule has 3 nitrogen and oxygen atoms in total. The molecule has 0 fully saturated rings. The molecule has 0 unspecified atom stereocenters. The summed E-state index contributed by atoms with van der Waals surface area (Å²) in [6, 6.07) is 5.63. The van der Waals surface area contributed by atoms with E-state index in [9.17, 15) is 4.79 Å². The molecule has 0 saturated carbocycles. The second-order valence-electron chi connectivity index (χ2n) is 3.74. The average molecular weight is 190 g/mol. The van der Waals surface area contributed by atoms with Crippen LogP contribution in [0.15, 0.2) is 18.2 Å². The van der Waals surface area contributed by atoms with Gasteiger partial charge in [0, 0.05) is 11.6 Å². The van der Waals surface area contributed by atoms with E-state index in [2.05, 4.69) is 0 Å². The number of amides is 1. The first kappa shape index (κ1) is 9.21. The number of hydrogen-bond donors (Lipinski definition) is 2. The third-order valence-corrected chi connectivity index (χ3v) is 2.79. The van der Waals surface area contributed by atoms with Crippen molar-refractivity contribution in [1.82, 2.24) is 0 Å². The minimum Gasteiger partial charge on any atom is -0.366 e. The Kier molecular flexibility index (Phi) is 2.25. The Morgan fingerprint density at radius 1 is 1.43 bits per heavy atom. The van der Waals surface area contributed by atoms with Gasteiger partial charge in [-0.3, -0.25) is 4.79 Å². The molecular weight excluding hydrogens is 176 g/mol. The topological polar surface area (TPSA) is 69.1 Å². The van der Waals surface area contributed by atoms with E-state index in [0.29, 0.717) is 5.56 Å². The van der Waals surface area contributed by atoms with E-state index in [0.717, 1.165) is 24.8 Å². The highest BCUT2D eigenvalue weighted by atomic mass is 16.1. The number of benzene rings is 1. The molecule has 1 aromatic rings. The molecule has 2 rings (SSSR count). The molecule has 0 saturated heterocycles. The molecule has 1 aromatic carbocycles. The average Bonchev–Trinajstić information content (AvgIpc) is 2.17. The Morgan fingerprint density at radius 3 is 2.93 bits per heavy atom. The molecule has 1 amide bonds. The molecule has 4 N–H and O–H groups in total. The zero-order chi connectivity index (χ0) is 10.1. The predicted octanol–water partition coefficient (Wildman–Crippen LogP) is 1.12. The van der Waals surface area contributed by atoms with E-state index in [1.807, 2.05) is 12.1 Å². The maximum atomic E-state index is 11.2. The normalized spacial score (nSPS) is 20.2. The summed E-state index contributed by atoms with van der Waals surface area (Å²) in [5.74, 6) is -0.376. The van der Waals surface area contributed by atoms with Crippen molar-refractivity contribution in [2.75, 3.05) is 0 Å². The van der Waals surface area contributed by atoms with Crippen LogP contribution in [0.1, 0.15) is 40.4 Å². The maximum Gasteiger partial charge on any atom is 0.249 e. The molecule has 1 aliphatic carbocycles. The number of nitrogens with two attached hydrogens (primary N) is 2. The minimum absolute atomic E-state index is 0.0255. The number of carbonyl (C=O) groups excluding carboxylic acids is 1. The van der Waals surface area contributed by atoms with Gasteiger partial charge in [0.15, 0.2) is 0 Å². The number of fused-ring (bicyclic) bond motifs is 1. The fourth-order valence-corrected chi connectivity index (χ4v) is 2.14. The van der Waals surface area contributed by atoms with Gasteiger partial charge in [0.05, 0.1) is 0 Å². The van der Waals surface area contributed by atoms with Crippen LogP contribution >= 0.6 is 0 Å². The first-order chi connectivity index (χ1) is 6.70. The van der Waals surface area contributed by atoms with Crippen LogP contribution in [0.3, 0.4) is 0 Å². The molecule has 3 heteroatoms. The Morgan fingerprint density at radius 2 is 2.21 bits per heavy atom. The SMILES string of the molecule is NC(=O)c1cccc2c1[C@H](N)CCC2. The summed E-state index contributed by atoms with van der Waals surface area (Å²) in [6.45, 7) is 0. The van der Waals surface area contributed by atoms with Crippen molar-refractivity contribution in [2.24, 2.45) is 11.5 Å². The lowest BCUT2D eigenvalue weighted by molar-refractivity contribution is 0.0998. The van der Waals surface area contributed by atoms with Gasteiger partial charge in [0.25, 0.3) is 0 Å². The molecule has 0 spiro atoms. The number of rotatable bonds is 1. The fourth-order valence-electron chi connectivity index (χ4n) is 2.14. The van der Waals surface area contributed by atoms with Crippen molar-refractivity contribution in [3.8, 4) is 0 Å². The van der Waals surface area contributed by atoms with Crippen molar-refractivity contribution in [2.45, 2.75) is 25.3 Å². The smallest absolute Gasteiger partial charge is 0.249 e. The van der Waals surface area contributed by atoms with Crippen LogP contribution in [-0.4, -0.2) is 5.91 Å². The first-order valence-corrected chi connectivity index (χ1v) is 4.87. The highest BCUT2D eigenvalue weighted by Crippen LogP contribution is 2.30. The number of carbonyl (C=O) groups is 1. The van der Waals surface area contributed by atoms with E-state index >= 15 is 0 Å². The second kappa shape index (κ2) is 3.42. The van der Waals surface area contributed by atoms with Crippen LogP contribution in [-0.2, 0) is 6.42 Å². The van der Waals surface area contributed by atoms with Gasteiger partial charge in [-0.25, -0.2) is 0 Å².